The molecule has 4 atom stereocenters. The molecule has 2 aliphatic heterocycles. The predicted octanol–water partition coefficient (Wildman–Crippen LogP) is 4.27. The van der Waals surface area contributed by atoms with Crippen molar-refractivity contribution in [2.24, 2.45) is 0 Å². The maximum atomic E-state index is 2.49. The van der Waals surface area contributed by atoms with Crippen molar-refractivity contribution in [1.82, 2.24) is 0 Å². The summed E-state index contributed by atoms with van der Waals surface area (Å²) in [4.78, 5) is 0. The van der Waals surface area contributed by atoms with Crippen LogP contribution in [0.1, 0.15) is 39.5 Å². The summed E-state index contributed by atoms with van der Waals surface area (Å²) in [5.74, 6) is 0. The summed E-state index contributed by atoms with van der Waals surface area (Å²) in [6.45, 7) is 4.97. The van der Waals surface area contributed by atoms with Crippen LogP contribution in [-0.2, 0) is 0 Å². The van der Waals surface area contributed by atoms with E-state index in [0.717, 1.165) is 11.3 Å². The maximum Gasteiger partial charge on any atom is -0.0161 e. The van der Waals surface area contributed by atoms with Crippen LogP contribution in [0, 0.1) is 0 Å². The van der Waals surface area contributed by atoms with E-state index in [-0.39, 0.29) is 15.8 Å². The lowest BCUT2D eigenvalue weighted by molar-refractivity contribution is 0.836. The Balaban J connectivity index is 1.94. The fraction of sp³-hybridized carbons (Fsp3) is 0.625. The Morgan fingerprint density at radius 3 is 1.61 bits per heavy atom. The molecule has 2 aliphatic rings. The van der Waals surface area contributed by atoms with Gasteiger partial charge in [0, 0.05) is 0 Å². The molecule has 2 unspecified atom stereocenters. The molecule has 0 amide bonds. The molecule has 0 aliphatic carbocycles. The minimum Gasteiger partial charge on any atom is -0.0717 e. The molecule has 0 radical (unpaired) electrons. The Morgan fingerprint density at radius 1 is 0.833 bits per heavy atom. The van der Waals surface area contributed by atoms with E-state index in [1.54, 1.807) is 10.6 Å². The summed E-state index contributed by atoms with van der Waals surface area (Å²) in [7, 11) is 0.318. The minimum atomic E-state index is 0.159. The van der Waals surface area contributed by atoms with Gasteiger partial charge in [-0.25, -0.2) is 0 Å². The first-order valence-electron chi connectivity index (χ1n) is 7.39. The molecule has 2 fully saturated rings. The Labute approximate surface area is 114 Å². The highest BCUT2D eigenvalue weighted by Crippen LogP contribution is 2.53. The van der Waals surface area contributed by atoms with E-state index in [1.165, 1.54) is 38.0 Å². The SMILES string of the molecule is C[C@@H]1CCCP1c1ccccc1P1CCC[C@H]1C. The lowest BCUT2D eigenvalue weighted by atomic mass is 10.3. The van der Waals surface area contributed by atoms with Crippen molar-refractivity contribution in [1.29, 1.82) is 0 Å². The molecule has 3 rings (SSSR count). The first kappa shape index (κ1) is 13.1. The molecule has 1 aromatic carbocycles. The van der Waals surface area contributed by atoms with Crippen LogP contribution in [-0.4, -0.2) is 23.6 Å². The van der Waals surface area contributed by atoms with Crippen LogP contribution in [0.2, 0.25) is 0 Å². The highest BCUT2D eigenvalue weighted by Gasteiger charge is 2.31. The van der Waals surface area contributed by atoms with E-state index < -0.39 is 0 Å². The predicted molar refractivity (Wildman–Crippen MR) is 86.7 cm³/mol. The molecule has 2 heterocycles. The van der Waals surface area contributed by atoms with E-state index in [0.29, 0.717) is 0 Å². The van der Waals surface area contributed by atoms with Gasteiger partial charge in [-0.1, -0.05) is 54.0 Å². The zero-order valence-electron chi connectivity index (χ0n) is 11.6. The average Bonchev–Trinajstić information content (AvgIpc) is 2.98. The smallest absolute Gasteiger partial charge is 0.0161 e. The number of hydrogen-bond donors (Lipinski definition) is 0. The lowest BCUT2D eigenvalue weighted by Crippen LogP contribution is -2.25. The van der Waals surface area contributed by atoms with Gasteiger partial charge >= 0.3 is 0 Å². The molecule has 0 spiro atoms. The Kier molecular flexibility index (Phi) is 4.07. The molecule has 0 aromatic heterocycles. The molecule has 0 bridgehead atoms. The Hall–Kier alpha value is 0.0800. The van der Waals surface area contributed by atoms with Crippen LogP contribution in [0.15, 0.2) is 24.3 Å². The monoisotopic (exact) mass is 278 g/mol. The van der Waals surface area contributed by atoms with Crippen molar-refractivity contribution in [2.45, 2.75) is 50.8 Å². The number of benzene rings is 1. The van der Waals surface area contributed by atoms with Gasteiger partial charge in [-0.2, -0.15) is 0 Å². The minimum absolute atomic E-state index is 0.159. The third kappa shape index (κ3) is 2.39. The molecular formula is C16H24P2. The van der Waals surface area contributed by atoms with Gasteiger partial charge in [0.2, 0.25) is 0 Å². The van der Waals surface area contributed by atoms with E-state index in [4.69, 9.17) is 0 Å². The zero-order chi connectivity index (χ0) is 12.5. The zero-order valence-corrected chi connectivity index (χ0v) is 13.4. The van der Waals surface area contributed by atoms with E-state index in [1.807, 2.05) is 0 Å². The van der Waals surface area contributed by atoms with Gasteiger partial charge in [-0.05, 0) is 59.9 Å². The largest absolute Gasteiger partial charge is 0.0717 e. The number of hydrogen-bond acceptors (Lipinski definition) is 0. The quantitative estimate of drug-likeness (QED) is 0.709. The molecule has 0 saturated carbocycles. The fourth-order valence-electron chi connectivity index (χ4n) is 3.53. The van der Waals surface area contributed by atoms with Gasteiger partial charge in [0.15, 0.2) is 0 Å². The maximum absolute atomic E-state index is 2.49. The van der Waals surface area contributed by atoms with Gasteiger partial charge in [0.05, 0.1) is 0 Å². The third-order valence-electron chi connectivity index (χ3n) is 4.61. The molecule has 18 heavy (non-hydrogen) atoms. The van der Waals surface area contributed by atoms with Crippen molar-refractivity contribution in [3.05, 3.63) is 24.3 Å². The fourth-order valence-corrected chi connectivity index (χ4v) is 9.94. The third-order valence-corrected chi connectivity index (χ3v) is 11.0. The second kappa shape index (κ2) is 5.60. The average molecular weight is 278 g/mol. The van der Waals surface area contributed by atoms with Gasteiger partial charge in [-0.15, -0.1) is 0 Å². The van der Waals surface area contributed by atoms with Crippen molar-refractivity contribution < 1.29 is 0 Å². The topological polar surface area (TPSA) is 0 Å². The Morgan fingerprint density at radius 2 is 1.28 bits per heavy atom. The molecule has 2 heteroatoms. The Bertz CT molecular complexity index is 376. The summed E-state index contributed by atoms with van der Waals surface area (Å²) in [6.07, 6.45) is 8.85. The molecule has 1 aromatic rings. The first-order chi connectivity index (χ1) is 8.77. The summed E-state index contributed by atoms with van der Waals surface area (Å²) >= 11 is 0. The molecule has 0 nitrogen and oxygen atoms in total. The second-order valence-corrected chi connectivity index (χ2v) is 11.4. The molecule has 2 saturated heterocycles. The highest BCUT2D eigenvalue weighted by molar-refractivity contribution is 7.72. The van der Waals surface area contributed by atoms with Gasteiger partial charge in [0.1, 0.15) is 0 Å². The van der Waals surface area contributed by atoms with Crippen LogP contribution >= 0.6 is 15.8 Å². The molecule has 0 N–H and O–H groups in total. The van der Waals surface area contributed by atoms with Crippen LogP contribution in [0.25, 0.3) is 0 Å². The molecule has 98 valence electrons. The highest BCUT2D eigenvalue weighted by atomic mass is 31.1. The summed E-state index contributed by atoms with van der Waals surface area (Å²) in [5.41, 5.74) is 1.93. The van der Waals surface area contributed by atoms with E-state index >= 15 is 0 Å². The van der Waals surface area contributed by atoms with Crippen LogP contribution < -0.4 is 10.6 Å². The van der Waals surface area contributed by atoms with Gasteiger partial charge < -0.3 is 0 Å². The van der Waals surface area contributed by atoms with Gasteiger partial charge in [0.25, 0.3) is 0 Å². The van der Waals surface area contributed by atoms with Crippen LogP contribution in [0.3, 0.4) is 0 Å². The lowest BCUT2D eigenvalue weighted by Gasteiger charge is -2.25. The molecular weight excluding hydrogens is 254 g/mol. The van der Waals surface area contributed by atoms with Crippen molar-refractivity contribution in [2.75, 3.05) is 12.3 Å². The summed E-state index contributed by atoms with van der Waals surface area (Å²) < 4.78 is 0. The van der Waals surface area contributed by atoms with Crippen LogP contribution in [0.4, 0.5) is 0 Å². The second-order valence-electron chi connectivity index (χ2n) is 5.86. The first-order valence-corrected chi connectivity index (χ1v) is 10.6. The number of rotatable bonds is 2. The summed E-state index contributed by atoms with van der Waals surface area (Å²) in [5, 5.41) is 3.58. The van der Waals surface area contributed by atoms with Crippen LogP contribution in [0.5, 0.6) is 0 Å². The van der Waals surface area contributed by atoms with E-state index in [9.17, 15) is 0 Å². The van der Waals surface area contributed by atoms with Crippen molar-refractivity contribution >= 4 is 26.5 Å². The normalized spacial score (nSPS) is 36.1. The summed E-state index contributed by atoms with van der Waals surface area (Å²) in [6, 6.07) is 9.50. The van der Waals surface area contributed by atoms with Gasteiger partial charge in [-0.3, -0.25) is 0 Å². The van der Waals surface area contributed by atoms with Crippen molar-refractivity contribution in [3.8, 4) is 0 Å². The van der Waals surface area contributed by atoms with E-state index in [2.05, 4.69) is 38.1 Å². The van der Waals surface area contributed by atoms with Crippen molar-refractivity contribution in [3.63, 3.8) is 0 Å². The standard InChI is InChI=1S/C16H24P2/c1-13-7-5-11-17(13)15-9-3-4-10-16(15)18-12-6-8-14(18)2/h3-4,9-10,13-14H,5-8,11-12H2,1-2H3/t13-,14-,17?,18?/m1/s1.